The Labute approximate surface area is 108 Å². The van der Waals surface area contributed by atoms with Crippen molar-refractivity contribution >= 4 is 10.1 Å². The van der Waals surface area contributed by atoms with Crippen LogP contribution in [0.4, 0.5) is 0 Å². The van der Waals surface area contributed by atoms with Crippen molar-refractivity contribution in [3.63, 3.8) is 0 Å². The van der Waals surface area contributed by atoms with E-state index in [4.69, 9.17) is 4.55 Å². The first kappa shape index (κ1) is 14.9. The van der Waals surface area contributed by atoms with Gasteiger partial charge in [0.05, 0.1) is 5.75 Å². The molecule has 0 spiro atoms. The number of rotatable bonds is 8. The Morgan fingerprint density at radius 2 is 2.00 bits per heavy atom. The highest BCUT2D eigenvalue weighted by Gasteiger charge is 2.09. The molecule has 0 heterocycles. The summed E-state index contributed by atoms with van der Waals surface area (Å²) in [6.45, 7) is 3.93. The van der Waals surface area contributed by atoms with Gasteiger partial charge in [0.2, 0.25) is 0 Å². The molecule has 1 unspecified atom stereocenters. The van der Waals surface area contributed by atoms with Gasteiger partial charge in [0.15, 0.2) is 0 Å². The highest BCUT2D eigenvalue weighted by molar-refractivity contribution is 7.85. The Bertz CT molecular complexity index is 456. The minimum Gasteiger partial charge on any atom is -0.312 e. The zero-order valence-corrected chi connectivity index (χ0v) is 11.1. The molecule has 0 fully saturated rings. The van der Waals surface area contributed by atoms with Crippen molar-refractivity contribution < 1.29 is 13.0 Å². The van der Waals surface area contributed by atoms with Crippen LogP contribution < -0.4 is 5.32 Å². The number of hydrogen-bond donors (Lipinski definition) is 2. The van der Waals surface area contributed by atoms with E-state index >= 15 is 0 Å². The van der Waals surface area contributed by atoms with Gasteiger partial charge in [0.25, 0.3) is 10.1 Å². The Balaban J connectivity index is 2.47. The van der Waals surface area contributed by atoms with Crippen LogP contribution in [0, 0.1) is 0 Å². The fourth-order valence-electron chi connectivity index (χ4n) is 1.73. The maximum atomic E-state index is 10.6. The molecule has 1 rings (SSSR count). The third-order valence-electron chi connectivity index (χ3n) is 2.57. The molecule has 1 atom stereocenters. The molecule has 1 aromatic carbocycles. The molecule has 5 heteroatoms. The summed E-state index contributed by atoms with van der Waals surface area (Å²) in [4.78, 5) is 0. The maximum absolute atomic E-state index is 10.6. The van der Waals surface area contributed by atoms with Gasteiger partial charge in [0.1, 0.15) is 0 Å². The molecule has 0 amide bonds. The Hall–Kier alpha value is -1.17. The molecule has 1 aromatic rings. The highest BCUT2D eigenvalue weighted by Crippen LogP contribution is 2.06. The second kappa shape index (κ2) is 7.31. The largest absolute Gasteiger partial charge is 0.312 e. The molecular formula is C13H19NO3S. The van der Waals surface area contributed by atoms with Crippen molar-refractivity contribution in [1.82, 2.24) is 5.32 Å². The lowest BCUT2D eigenvalue weighted by Crippen LogP contribution is -2.34. The number of hydrogen-bond acceptors (Lipinski definition) is 3. The fourth-order valence-corrected chi connectivity index (χ4v) is 2.11. The lowest BCUT2D eigenvalue weighted by molar-refractivity contribution is 0.473. The van der Waals surface area contributed by atoms with E-state index in [-0.39, 0.29) is 18.3 Å². The summed E-state index contributed by atoms with van der Waals surface area (Å²) in [6.07, 6.45) is 3.35. The minimum atomic E-state index is -3.90. The molecule has 0 aliphatic rings. The van der Waals surface area contributed by atoms with E-state index in [2.05, 4.69) is 11.9 Å². The summed E-state index contributed by atoms with van der Waals surface area (Å²) >= 11 is 0. The van der Waals surface area contributed by atoms with Crippen LogP contribution in [-0.4, -0.2) is 31.3 Å². The van der Waals surface area contributed by atoms with Gasteiger partial charge in [-0.1, -0.05) is 36.4 Å². The van der Waals surface area contributed by atoms with Crippen molar-refractivity contribution in [3.05, 3.63) is 48.6 Å². The molecular weight excluding hydrogens is 250 g/mol. The van der Waals surface area contributed by atoms with Gasteiger partial charge >= 0.3 is 0 Å². The summed E-state index contributed by atoms with van der Waals surface area (Å²) < 4.78 is 29.9. The van der Waals surface area contributed by atoms with Crippen molar-refractivity contribution in [3.8, 4) is 0 Å². The second-order valence-electron chi connectivity index (χ2n) is 4.15. The minimum absolute atomic E-state index is 0.131. The summed E-state index contributed by atoms with van der Waals surface area (Å²) in [6, 6.07) is 10.1. The summed E-state index contributed by atoms with van der Waals surface area (Å²) in [5, 5.41) is 3.12. The maximum Gasteiger partial charge on any atom is 0.266 e. The van der Waals surface area contributed by atoms with Crippen molar-refractivity contribution in [1.29, 1.82) is 0 Å². The lowest BCUT2D eigenvalue weighted by atomic mass is 10.0. The van der Waals surface area contributed by atoms with Gasteiger partial charge < -0.3 is 5.32 Å². The standard InChI is InChI=1S/C13H19NO3S/c1-2-6-13(14-9-10-18(15,16)17)11-12-7-4-3-5-8-12/h2-5,7-8,13-14H,1,6,9-11H2,(H,15,16,17). The van der Waals surface area contributed by atoms with E-state index in [1.54, 1.807) is 6.08 Å². The van der Waals surface area contributed by atoms with E-state index in [0.717, 1.165) is 12.8 Å². The van der Waals surface area contributed by atoms with Crippen LogP contribution in [-0.2, 0) is 16.5 Å². The summed E-state index contributed by atoms with van der Waals surface area (Å²) in [5.74, 6) is -0.268. The molecule has 18 heavy (non-hydrogen) atoms. The molecule has 0 aliphatic heterocycles. The van der Waals surface area contributed by atoms with Crippen molar-refractivity contribution in [2.75, 3.05) is 12.3 Å². The van der Waals surface area contributed by atoms with E-state index in [1.165, 1.54) is 5.56 Å². The van der Waals surface area contributed by atoms with Crippen LogP contribution in [0.2, 0.25) is 0 Å². The van der Waals surface area contributed by atoms with Gasteiger partial charge in [-0.3, -0.25) is 4.55 Å². The van der Waals surface area contributed by atoms with Crippen LogP contribution in [0.1, 0.15) is 12.0 Å². The lowest BCUT2D eigenvalue weighted by Gasteiger charge is -2.16. The molecule has 0 aliphatic carbocycles. The summed E-state index contributed by atoms with van der Waals surface area (Å²) in [5.41, 5.74) is 1.18. The normalized spacial score (nSPS) is 13.2. The molecule has 0 aromatic heterocycles. The van der Waals surface area contributed by atoms with E-state index in [0.29, 0.717) is 0 Å². The van der Waals surface area contributed by atoms with Crippen LogP contribution in [0.3, 0.4) is 0 Å². The van der Waals surface area contributed by atoms with Crippen LogP contribution in [0.5, 0.6) is 0 Å². The smallest absolute Gasteiger partial charge is 0.266 e. The Morgan fingerprint density at radius 3 is 2.56 bits per heavy atom. The first-order chi connectivity index (χ1) is 8.51. The molecule has 0 radical (unpaired) electrons. The quantitative estimate of drug-likeness (QED) is 0.556. The molecule has 4 nitrogen and oxygen atoms in total. The summed E-state index contributed by atoms with van der Waals surface area (Å²) in [7, 11) is -3.90. The average Bonchev–Trinajstić information content (AvgIpc) is 2.29. The number of nitrogens with one attached hydrogen (secondary N) is 1. The van der Waals surface area contributed by atoms with Gasteiger partial charge in [-0.05, 0) is 18.4 Å². The predicted octanol–water partition coefficient (Wildman–Crippen LogP) is 1.65. The molecule has 0 saturated heterocycles. The van der Waals surface area contributed by atoms with Crippen LogP contribution >= 0.6 is 0 Å². The van der Waals surface area contributed by atoms with Crippen LogP contribution in [0.15, 0.2) is 43.0 Å². The molecule has 100 valence electrons. The van der Waals surface area contributed by atoms with Crippen LogP contribution in [0.25, 0.3) is 0 Å². The molecule has 0 saturated carbocycles. The van der Waals surface area contributed by atoms with E-state index in [1.807, 2.05) is 30.3 Å². The van der Waals surface area contributed by atoms with E-state index in [9.17, 15) is 8.42 Å². The van der Waals surface area contributed by atoms with Crippen molar-refractivity contribution in [2.24, 2.45) is 0 Å². The third-order valence-corrected chi connectivity index (χ3v) is 3.29. The zero-order valence-electron chi connectivity index (χ0n) is 10.2. The predicted molar refractivity (Wildman–Crippen MR) is 73.2 cm³/mol. The molecule has 2 N–H and O–H groups in total. The van der Waals surface area contributed by atoms with Gasteiger partial charge in [0, 0.05) is 12.6 Å². The second-order valence-corrected chi connectivity index (χ2v) is 5.72. The monoisotopic (exact) mass is 269 g/mol. The Morgan fingerprint density at radius 1 is 1.33 bits per heavy atom. The highest BCUT2D eigenvalue weighted by atomic mass is 32.2. The van der Waals surface area contributed by atoms with Gasteiger partial charge in [-0.25, -0.2) is 0 Å². The van der Waals surface area contributed by atoms with Crippen molar-refractivity contribution in [2.45, 2.75) is 18.9 Å². The number of benzene rings is 1. The SMILES string of the molecule is C=CCC(Cc1ccccc1)NCCS(=O)(=O)O. The molecule has 0 bridgehead atoms. The topological polar surface area (TPSA) is 66.4 Å². The van der Waals surface area contributed by atoms with E-state index < -0.39 is 10.1 Å². The Kier molecular flexibility index (Phi) is 6.04. The first-order valence-electron chi connectivity index (χ1n) is 5.84. The zero-order chi connectivity index (χ0) is 13.4. The van der Waals surface area contributed by atoms with Gasteiger partial charge in [-0.2, -0.15) is 8.42 Å². The fraction of sp³-hybridized carbons (Fsp3) is 0.385. The average molecular weight is 269 g/mol. The third kappa shape index (κ3) is 6.54. The van der Waals surface area contributed by atoms with Gasteiger partial charge in [-0.15, -0.1) is 6.58 Å². The first-order valence-corrected chi connectivity index (χ1v) is 7.45.